The molecule has 0 saturated carbocycles. The molecule has 0 aromatic heterocycles. The summed E-state index contributed by atoms with van der Waals surface area (Å²) in [5.74, 6) is 0. The largest absolute Gasteiger partial charge is 0.398 e. The fraction of sp³-hybridized carbons (Fsp3) is 1.00. The smallest absolute Gasteiger partial charge is 0.334 e. The molecule has 13 heavy (non-hydrogen) atoms. The molecule has 0 bridgehead atoms. The van der Waals surface area contributed by atoms with E-state index in [2.05, 4.69) is 0 Å². The fourth-order valence-electron chi connectivity index (χ4n) is 1.00. The average Bonchev–Trinajstić information content (AvgIpc) is 2.15. The van der Waals surface area contributed by atoms with E-state index in [9.17, 15) is 0 Å². The molecule has 0 aliphatic carbocycles. The van der Waals surface area contributed by atoms with Crippen LogP contribution in [-0.4, -0.2) is 40.5 Å². The van der Waals surface area contributed by atoms with Crippen LogP contribution in [0.5, 0.6) is 0 Å². The van der Waals surface area contributed by atoms with Crippen molar-refractivity contribution in [2.24, 2.45) is 5.73 Å². The summed E-state index contributed by atoms with van der Waals surface area (Å²) in [6.45, 7) is 3.53. The molecular weight excluding hydrogens is 186 g/mol. The molecule has 80 valence electrons. The van der Waals surface area contributed by atoms with Crippen molar-refractivity contribution in [1.82, 2.24) is 0 Å². The Morgan fingerprint density at radius 2 is 2.08 bits per heavy atom. The van der Waals surface area contributed by atoms with Gasteiger partial charge in [0.05, 0.1) is 0 Å². The van der Waals surface area contributed by atoms with Gasteiger partial charge in [0.15, 0.2) is 0 Å². The quantitative estimate of drug-likeness (QED) is 0.448. The molecule has 0 rings (SSSR count). The highest BCUT2D eigenvalue weighted by Crippen LogP contribution is 2.14. The second-order valence-corrected chi connectivity index (χ2v) is 6.62. The van der Waals surface area contributed by atoms with Crippen LogP contribution in [0.25, 0.3) is 0 Å². The van der Waals surface area contributed by atoms with Crippen LogP contribution >= 0.6 is 0 Å². The minimum absolute atomic E-state index is 0.201. The first kappa shape index (κ1) is 13.1. The summed E-state index contributed by atoms with van der Waals surface area (Å²) >= 11 is 0. The molecule has 0 saturated heterocycles. The number of aliphatic hydroxyl groups excluding tert-OH is 1. The lowest BCUT2D eigenvalue weighted by atomic mass is 10.5. The van der Waals surface area contributed by atoms with Crippen molar-refractivity contribution in [3.05, 3.63) is 0 Å². The van der Waals surface area contributed by atoms with Crippen LogP contribution in [0.2, 0.25) is 12.6 Å². The normalized spacial score (nSPS) is 15.7. The SMILES string of the molecule is CO[Si](C)(CCCO)OCCCN. The Balaban J connectivity index is 3.67. The van der Waals surface area contributed by atoms with E-state index in [0.29, 0.717) is 13.2 Å². The minimum atomic E-state index is -2.00. The predicted molar refractivity (Wildman–Crippen MR) is 54.8 cm³/mol. The molecule has 0 aromatic rings. The van der Waals surface area contributed by atoms with E-state index in [-0.39, 0.29) is 6.61 Å². The van der Waals surface area contributed by atoms with E-state index in [1.807, 2.05) is 6.55 Å². The van der Waals surface area contributed by atoms with Gasteiger partial charge >= 0.3 is 8.56 Å². The number of hydrogen-bond donors (Lipinski definition) is 2. The zero-order valence-corrected chi connectivity index (χ0v) is 9.58. The van der Waals surface area contributed by atoms with E-state index < -0.39 is 8.56 Å². The van der Waals surface area contributed by atoms with Crippen molar-refractivity contribution in [3.63, 3.8) is 0 Å². The van der Waals surface area contributed by atoms with E-state index in [1.165, 1.54) is 0 Å². The maximum absolute atomic E-state index is 8.69. The van der Waals surface area contributed by atoms with Crippen LogP contribution in [0.15, 0.2) is 0 Å². The molecule has 0 aliphatic heterocycles. The summed E-state index contributed by atoms with van der Waals surface area (Å²) in [4.78, 5) is 0. The summed E-state index contributed by atoms with van der Waals surface area (Å²) in [5.41, 5.74) is 5.35. The van der Waals surface area contributed by atoms with Gasteiger partial charge < -0.3 is 19.7 Å². The van der Waals surface area contributed by atoms with Crippen molar-refractivity contribution in [1.29, 1.82) is 0 Å². The van der Waals surface area contributed by atoms with Crippen molar-refractivity contribution in [2.75, 3.05) is 26.9 Å². The number of nitrogens with two attached hydrogens (primary N) is 1. The Morgan fingerprint density at radius 3 is 2.54 bits per heavy atom. The van der Waals surface area contributed by atoms with Gasteiger partial charge in [-0.15, -0.1) is 0 Å². The maximum atomic E-state index is 8.69. The zero-order valence-electron chi connectivity index (χ0n) is 8.58. The van der Waals surface area contributed by atoms with Crippen LogP contribution < -0.4 is 5.73 Å². The fourth-order valence-corrected chi connectivity index (χ4v) is 2.85. The van der Waals surface area contributed by atoms with E-state index in [4.69, 9.17) is 19.7 Å². The van der Waals surface area contributed by atoms with Crippen molar-refractivity contribution >= 4 is 8.56 Å². The summed E-state index contributed by atoms with van der Waals surface area (Å²) in [6, 6.07) is 0.838. The highest BCUT2D eigenvalue weighted by Gasteiger charge is 2.28. The van der Waals surface area contributed by atoms with Crippen LogP contribution in [0.3, 0.4) is 0 Å². The number of rotatable bonds is 8. The lowest BCUT2D eigenvalue weighted by Gasteiger charge is -2.24. The van der Waals surface area contributed by atoms with Gasteiger partial charge in [0, 0.05) is 20.3 Å². The van der Waals surface area contributed by atoms with Crippen molar-refractivity contribution < 1.29 is 14.0 Å². The van der Waals surface area contributed by atoms with Crippen LogP contribution in [0.1, 0.15) is 12.8 Å². The minimum Gasteiger partial charge on any atom is -0.398 e. The first-order chi connectivity index (χ1) is 6.18. The van der Waals surface area contributed by atoms with Gasteiger partial charge in [-0.25, -0.2) is 0 Å². The van der Waals surface area contributed by atoms with E-state index in [1.54, 1.807) is 7.11 Å². The second kappa shape index (κ2) is 7.46. The first-order valence-electron chi connectivity index (χ1n) is 4.68. The van der Waals surface area contributed by atoms with Crippen LogP contribution in [0.4, 0.5) is 0 Å². The van der Waals surface area contributed by atoms with E-state index in [0.717, 1.165) is 18.9 Å². The Bertz CT molecular complexity index is 126. The molecule has 0 heterocycles. The molecule has 0 aliphatic rings. The van der Waals surface area contributed by atoms with Crippen LogP contribution in [0, 0.1) is 0 Å². The van der Waals surface area contributed by atoms with Gasteiger partial charge in [0.1, 0.15) is 0 Å². The van der Waals surface area contributed by atoms with Gasteiger partial charge in [0.2, 0.25) is 0 Å². The number of aliphatic hydroxyl groups is 1. The molecule has 3 N–H and O–H groups in total. The molecule has 0 radical (unpaired) electrons. The Morgan fingerprint density at radius 1 is 1.38 bits per heavy atom. The summed E-state index contributed by atoms with van der Waals surface area (Å²) in [5, 5.41) is 8.69. The lowest BCUT2D eigenvalue weighted by Crippen LogP contribution is -2.38. The van der Waals surface area contributed by atoms with Gasteiger partial charge in [0.25, 0.3) is 0 Å². The van der Waals surface area contributed by atoms with Gasteiger partial charge in [-0.05, 0) is 32.0 Å². The Labute approximate surface area is 81.3 Å². The average molecular weight is 207 g/mol. The molecule has 0 aromatic carbocycles. The third-order valence-corrected chi connectivity index (χ3v) is 4.92. The molecule has 1 unspecified atom stereocenters. The van der Waals surface area contributed by atoms with Crippen molar-refractivity contribution in [2.45, 2.75) is 25.4 Å². The third kappa shape index (κ3) is 6.17. The third-order valence-electron chi connectivity index (χ3n) is 1.98. The monoisotopic (exact) mass is 207 g/mol. The standard InChI is InChI=1S/C8H21NO3Si/c1-11-13(2,8-4-6-10)12-7-3-5-9/h10H,3-9H2,1-2H3. The molecule has 5 heteroatoms. The molecular formula is C8H21NO3Si. The van der Waals surface area contributed by atoms with Gasteiger partial charge in [-0.3, -0.25) is 0 Å². The Kier molecular flexibility index (Phi) is 7.49. The Hall–Kier alpha value is 0.0569. The molecule has 1 atom stereocenters. The topological polar surface area (TPSA) is 64.7 Å². The molecule has 4 nitrogen and oxygen atoms in total. The summed E-state index contributed by atoms with van der Waals surface area (Å²) in [7, 11) is -0.324. The zero-order chi connectivity index (χ0) is 10.2. The molecule has 0 amide bonds. The highest BCUT2D eigenvalue weighted by atomic mass is 28.4. The van der Waals surface area contributed by atoms with E-state index >= 15 is 0 Å². The highest BCUT2D eigenvalue weighted by molar-refractivity contribution is 6.65. The van der Waals surface area contributed by atoms with Gasteiger partial charge in [-0.1, -0.05) is 0 Å². The molecule has 0 fully saturated rings. The van der Waals surface area contributed by atoms with Gasteiger partial charge in [-0.2, -0.15) is 0 Å². The first-order valence-corrected chi connectivity index (χ1v) is 7.21. The number of hydrogen-bond acceptors (Lipinski definition) is 4. The maximum Gasteiger partial charge on any atom is 0.334 e. The second-order valence-electron chi connectivity index (χ2n) is 3.16. The van der Waals surface area contributed by atoms with Crippen LogP contribution in [-0.2, 0) is 8.85 Å². The lowest BCUT2D eigenvalue weighted by molar-refractivity contribution is 0.197. The molecule has 0 spiro atoms. The predicted octanol–water partition coefficient (Wildman–Crippen LogP) is 0.453. The van der Waals surface area contributed by atoms with Crippen molar-refractivity contribution in [3.8, 4) is 0 Å². The summed E-state index contributed by atoms with van der Waals surface area (Å²) in [6.07, 6.45) is 1.62. The summed E-state index contributed by atoms with van der Waals surface area (Å²) < 4.78 is 11.0.